The Kier molecular flexibility index (Phi) is 11.5. The van der Waals surface area contributed by atoms with Gasteiger partial charge in [-0.05, 0) is 38.2 Å². The van der Waals surface area contributed by atoms with Gasteiger partial charge in [-0.1, -0.05) is 12.7 Å². The molecule has 0 radical (unpaired) electrons. The van der Waals surface area contributed by atoms with Gasteiger partial charge in [0.05, 0.1) is 31.0 Å². The van der Waals surface area contributed by atoms with Gasteiger partial charge < -0.3 is 29.0 Å². The van der Waals surface area contributed by atoms with Crippen LogP contribution >= 0.6 is 0 Å². The highest BCUT2D eigenvalue weighted by atomic mass is 16.5. The Morgan fingerprint density at radius 2 is 1.94 bits per heavy atom. The van der Waals surface area contributed by atoms with Crippen molar-refractivity contribution in [3.63, 3.8) is 0 Å². The monoisotopic (exact) mass is 506 g/mol. The van der Waals surface area contributed by atoms with Gasteiger partial charge in [-0.25, -0.2) is 4.79 Å². The number of amides is 2. The molecule has 36 heavy (non-hydrogen) atoms. The number of hydrogen-bond donors (Lipinski definition) is 2. The van der Waals surface area contributed by atoms with E-state index in [9.17, 15) is 19.2 Å². The van der Waals surface area contributed by atoms with Gasteiger partial charge in [-0.15, -0.1) is 0 Å². The Bertz CT molecular complexity index is 948. The average molecular weight is 507 g/mol. The summed E-state index contributed by atoms with van der Waals surface area (Å²) in [5.74, 6) is -1.02. The van der Waals surface area contributed by atoms with E-state index in [4.69, 9.17) is 24.1 Å². The SMILES string of the molecule is C=CCOC(=O)Nc1cc(OCCCCCC(=O)O)c(OC)cc1C(=O)N1CCCC1COC(C)=O. The molecule has 1 fully saturated rings. The predicted octanol–water partition coefficient (Wildman–Crippen LogP) is 3.62. The first-order valence-corrected chi connectivity index (χ1v) is 11.8. The van der Waals surface area contributed by atoms with E-state index in [-0.39, 0.29) is 42.8 Å². The number of hydrogen-bond acceptors (Lipinski definition) is 8. The molecule has 1 atom stereocenters. The molecule has 1 aliphatic rings. The summed E-state index contributed by atoms with van der Waals surface area (Å²) in [6.07, 6.45) is 4.00. The predicted molar refractivity (Wildman–Crippen MR) is 130 cm³/mol. The Labute approximate surface area is 210 Å². The van der Waals surface area contributed by atoms with E-state index >= 15 is 0 Å². The number of rotatable bonds is 14. The maximum atomic E-state index is 13.5. The zero-order valence-corrected chi connectivity index (χ0v) is 20.7. The molecule has 1 aromatic rings. The molecule has 2 N–H and O–H groups in total. The summed E-state index contributed by atoms with van der Waals surface area (Å²) in [6.45, 7) is 5.66. The Hall–Kier alpha value is -3.76. The number of carbonyl (C=O) groups excluding carboxylic acids is 3. The number of carboxylic acid groups (broad SMARTS) is 1. The first kappa shape index (κ1) is 28.5. The molecular weight excluding hydrogens is 472 g/mol. The number of nitrogens with one attached hydrogen (secondary N) is 1. The average Bonchev–Trinajstić information content (AvgIpc) is 3.31. The number of aliphatic carboxylic acids is 1. The molecule has 0 bridgehead atoms. The molecule has 198 valence electrons. The lowest BCUT2D eigenvalue weighted by atomic mass is 10.1. The molecular formula is C25H34N2O9. The lowest BCUT2D eigenvalue weighted by molar-refractivity contribution is -0.142. The van der Waals surface area contributed by atoms with Crippen LogP contribution < -0.4 is 14.8 Å². The van der Waals surface area contributed by atoms with Crippen LogP contribution in [0.15, 0.2) is 24.8 Å². The van der Waals surface area contributed by atoms with Crippen molar-refractivity contribution in [3.8, 4) is 11.5 Å². The van der Waals surface area contributed by atoms with Crippen LogP contribution in [0.2, 0.25) is 0 Å². The minimum Gasteiger partial charge on any atom is -0.493 e. The molecule has 11 nitrogen and oxygen atoms in total. The third-order valence-corrected chi connectivity index (χ3v) is 5.51. The van der Waals surface area contributed by atoms with E-state index in [1.54, 1.807) is 4.90 Å². The molecule has 0 spiro atoms. The fourth-order valence-corrected chi connectivity index (χ4v) is 3.78. The number of carboxylic acids is 1. The largest absolute Gasteiger partial charge is 0.493 e. The fourth-order valence-electron chi connectivity index (χ4n) is 3.78. The van der Waals surface area contributed by atoms with Gasteiger partial charge in [0, 0.05) is 26.0 Å². The topological polar surface area (TPSA) is 141 Å². The first-order chi connectivity index (χ1) is 17.3. The van der Waals surface area contributed by atoms with E-state index in [1.807, 2.05) is 0 Å². The van der Waals surface area contributed by atoms with E-state index in [2.05, 4.69) is 11.9 Å². The quantitative estimate of drug-likeness (QED) is 0.220. The zero-order valence-electron chi connectivity index (χ0n) is 20.7. The maximum absolute atomic E-state index is 13.5. The second-order valence-corrected chi connectivity index (χ2v) is 8.21. The number of unbranched alkanes of at least 4 members (excludes halogenated alkanes) is 2. The van der Waals surface area contributed by atoms with Crippen molar-refractivity contribution in [2.24, 2.45) is 0 Å². The molecule has 2 rings (SSSR count). The van der Waals surface area contributed by atoms with Crippen LogP contribution in [0.5, 0.6) is 11.5 Å². The van der Waals surface area contributed by atoms with E-state index in [1.165, 1.54) is 32.2 Å². The molecule has 0 saturated carbocycles. The van der Waals surface area contributed by atoms with Crippen molar-refractivity contribution in [3.05, 3.63) is 30.4 Å². The number of carbonyl (C=O) groups is 4. The molecule has 0 aliphatic carbocycles. The summed E-state index contributed by atoms with van der Waals surface area (Å²) in [4.78, 5) is 49.3. The third-order valence-electron chi connectivity index (χ3n) is 5.51. The van der Waals surface area contributed by atoms with Gasteiger partial charge in [0.1, 0.15) is 13.2 Å². The number of nitrogens with zero attached hydrogens (tertiary/aromatic N) is 1. The highest BCUT2D eigenvalue weighted by Crippen LogP contribution is 2.35. The Morgan fingerprint density at radius 3 is 2.61 bits per heavy atom. The van der Waals surface area contributed by atoms with Crippen molar-refractivity contribution in [1.29, 1.82) is 0 Å². The summed E-state index contributed by atoms with van der Waals surface area (Å²) >= 11 is 0. The van der Waals surface area contributed by atoms with Crippen molar-refractivity contribution in [2.45, 2.75) is 51.5 Å². The second kappa shape index (κ2) is 14.6. The standard InChI is InChI=1S/C25H34N2O9/c1-4-12-35-25(32)26-20-15-22(34-13-7-5-6-10-23(29)30)21(33-3)14-19(20)24(31)27-11-8-9-18(27)16-36-17(2)28/h4,14-15,18H,1,5-13,16H2,2-3H3,(H,26,32)(H,29,30). The molecule has 2 amide bonds. The zero-order chi connectivity index (χ0) is 26.5. The molecule has 1 aromatic carbocycles. The van der Waals surface area contributed by atoms with E-state index < -0.39 is 18.0 Å². The number of esters is 1. The van der Waals surface area contributed by atoms with Crippen LogP contribution in [-0.4, -0.2) is 73.5 Å². The fraction of sp³-hybridized carbons (Fsp3) is 0.520. The first-order valence-electron chi connectivity index (χ1n) is 11.8. The Morgan fingerprint density at radius 1 is 1.17 bits per heavy atom. The number of ether oxygens (including phenoxy) is 4. The van der Waals surface area contributed by atoms with Gasteiger partial charge in [0.15, 0.2) is 11.5 Å². The van der Waals surface area contributed by atoms with Crippen molar-refractivity contribution < 1.29 is 43.2 Å². The van der Waals surface area contributed by atoms with Crippen LogP contribution in [0.25, 0.3) is 0 Å². The second-order valence-electron chi connectivity index (χ2n) is 8.21. The van der Waals surface area contributed by atoms with Crippen molar-refractivity contribution >= 4 is 29.6 Å². The Balaban J connectivity index is 2.25. The summed E-state index contributed by atoms with van der Waals surface area (Å²) in [5, 5.41) is 11.3. The molecule has 0 aromatic heterocycles. The summed E-state index contributed by atoms with van der Waals surface area (Å²) in [5.41, 5.74) is 0.347. The minimum absolute atomic E-state index is 0.0123. The molecule has 11 heteroatoms. The summed E-state index contributed by atoms with van der Waals surface area (Å²) in [7, 11) is 1.44. The van der Waals surface area contributed by atoms with E-state index in [0.717, 1.165) is 6.42 Å². The summed E-state index contributed by atoms with van der Waals surface area (Å²) < 4.78 is 21.4. The lowest BCUT2D eigenvalue weighted by Crippen LogP contribution is -2.39. The normalized spacial score (nSPS) is 14.6. The molecule has 1 heterocycles. The highest BCUT2D eigenvalue weighted by Gasteiger charge is 2.32. The van der Waals surface area contributed by atoms with Crippen LogP contribution in [0.4, 0.5) is 10.5 Å². The number of methoxy groups -OCH3 is 1. The van der Waals surface area contributed by atoms with Crippen molar-refractivity contribution in [2.75, 3.05) is 38.8 Å². The smallest absolute Gasteiger partial charge is 0.411 e. The number of likely N-dealkylation sites (tertiary alicyclic amines) is 1. The van der Waals surface area contributed by atoms with Crippen molar-refractivity contribution in [1.82, 2.24) is 4.90 Å². The maximum Gasteiger partial charge on any atom is 0.411 e. The van der Waals surface area contributed by atoms with Crippen LogP contribution in [0.3, 0.4) is 0 Å². The highest BCUT2D eigenvalue weighted by molar-refractivity contribution is 6.03. The van der Waals surface area contributed by atoms with Gasteiger partial charge in [0.25, 0.3) is 5.91 Å². The number of anilines is 1. The van der Waals surface area contributed by atoms with Gasteiger partial charge in [0.2, 0.25) is 0 Å². The van der Waals surface area contributed by atoms with Crippen LogP contribution in [-0.2, 0) is 19.1 Å². The van der Waals surface area contributed by atoms with Crippen LogP contribution in [0.1, 0.15) is 55.8 Å². The number of benzene rings is 1. The van der Waals surface area contributed by atoms with Gasteiger partial charge in [-0.3, -0.25) is 19.7 Å². The molecule has 1 unspecified atom stereocenters. The van der Waals surface area contributed by atoms with E-state index in [0.29, 0.717) is 50.3 Å². The van der Waals surface area contributed by atoms with Crippen LogP contribution in [0, 0.1) is 0 Å². The van der Waals surface area contributed by atoms with Gasteiger partial charge >= 0.3 is 18.0 Å². The van der Waals surface area contributed by atoms with Gasteiger partial charge in [-0.2, -0.15) is 0 Å². The summed E-state index contributed by atoms with van der Waals surface area (Å²) in [6, 6.07) is 2.71. The molecule has 1 aliphatic heterocycles. The minimum atomic E-state index is -0.843. The molecule has 1 saturated heterocycles. The third kappa shape index (κ3) is 8.79. The lowest BCUT2D eigenvalue weighted by Gasteiger charge is -2.26.